The third kappa shape index (κ3) is 4.07. The van der Waals surface area contributed by atoms with E-state index in [1.165, 1.54) is 0 Å². The number of carboxylic acids is 1. The lowest BCUT2D eigenvalue weighted by Gasteiger charge is -2.31. The number of urea groups is 1. The van der Waals surface area contributed by atoms with E-state index < -0.39 is 54.9 Å². The third-order valence-electron chi connectivity index (χ3n) is 4.75. The normalized spacial score (nSPS) is 30.2. The van der Waals surface area contributed by atoms with Crippen LogP contribution in [0.4, 0.5) is 26.7 Å². The van der Waals surface area contributed by atoms with E-state index in [9.17, 15) is 31.5 Å². The Labute approximate surface area is 135 Å². The number of hydrogen-bond donors (Lipinski definition) is 2. The van der Waals surface area contributed by atoms with Gasteiger partial charge in [0, 0.05) is 32.0 Å². The topological polar surface area (TPSA) is 69.6 Å². The highest BCUT2D eigenvalue weighted by molar-refractivity contribution is 5.77. The molecule has 5 nitrogen and oxygen atoms in total. The van der Waals surface area contributed by atoms with Crippen molar-refractivity contribution in [3.63, 3.8) is 0 Å². The Bertz CT molecular complexity index is 497. The van der Waals surface area contributed by atoms with E-state index in [1.807, 2.05) is 0 Å². The molecular weight excluding hydrogens is 339 g/mol. The van der Waals surface area contributed by atoms with Crippen molar-refractivity contribution >= 4 is 12.0 Å². The molecule has 138 valence electrons. The Morgan fingerprint density at radius 3 is 2.38 bits per heavy atom. The average Bonchev–Trinajstić information content (AvgIpc) is 2.91. The predicted molar refractivity (Wildman–Crippen MR) is 72.5 cm³/mol. The molecule has 10 heteroatoms. The average molecular weight is 358 g/mol. The standard InChI is InChI=1S/C14H19F5N2O3/c15-13(16)4-2-1-3-8(13)5-20-12(24)21-6-9(11(22)23)10(7-21)14(17,18)19/h8-10H,1-7H2,(H,20,24)(H,22,23)/t8?,9-,10-/m1/s1. The van der Waals surface area contributed by atoms with Gasteiger partial charge in [-0.1, -0.05) is 6.42 Å². The first-order valence-corrected chi connectivity index (χ1v) is 7.72. The highest BCUT2D eigenvalue weighted by Crippen LogP contribution is 2.39. The van der Waals surface area contributed by atoms with Gasteiger partial charge in [-0.3, -0.25) is 4.79 Å². The molecule has 2 fully saturated rings. The molecule has 0 aromatic rings. The van der Waals surface area contributed by atoms with Gasteiger partial charge >= 0.3 is 18.2 Å². The van der Waals surface area contributed by atoms with Gasteiger partial charge in [-0.2, -0.15) is 13.2 Å². The maximum atomic E-state index is 13.7. The second-order valence-electron chi connectivity index (χ2n) is 6.39. The number of hydrogen-bond acceptors (Lipinski definition) is 2. The number of nitrogens with zero attached hydrogens (tertiary/aromatic N) is 1. The lowest BCUT2D eigenvalue weighted by Crippen LogP contribution is -2.45. The smallest absolute Gasteiger partial charge is 0.394 e. The van der Waals surface area contributed by atoms with Crippen LogP contribution in [0.2, 0.25) is 0 Å². The fourth-order valence-electron chi connectivity index (χ4n) is 3.29. The largest absolute Gasteiger partial charge is 0.481 e. The summed E-state index contributed by atoms with van der Waals surface area (Å²) in [4.78, 5) is 23.6. The molecule has 0 aromatic heterocycles. The second kappa shape index (κ2) is 6.72. The molecule has 1 saturated carbocycles. The van der Waals surface area contributed by atoms with Crippen molar-refractivity contribution in [2.75, 3.05) is 19.6 Å². The van der Waals surface area contributed by atoms with Crippen LogP contribution in [-0.2, 0) is 4.79 Å². The van der Waals surface area contributed by atoms with Crippen LogP contribution in [0, 0.1) is 17.8 Å². The molecule has 1 aliphatic carbocycles. The summed E-state index contributed by atoms with van der Waals surface area (Å²) in [5.41, 5.74) is 0. The van der Waals surface area contributed by atoms with Crippen LogP contribution in [-0.4, -0.2) is 53.7 Å². The fourth-order valence-corrected chi connectivity index (χ4v) is 3.29. The molecule has 1 unspecified atom stereocenters. The molecule has 0 bridgehead atoms. The van der Waals surface area contributed by atoms with Crippen LogP contribution < -0.4 is 5.32 Å². The predicted octanol–water partition coefficient (Wildman–Crippen LogP) is 2.72. The summed E-state index contributed by atoms with van der Waals surface area (Å²) in [5, 5.41) is 11.1. The zero-order chi connectivity index (χ0) is 18.1. The lowest BCUT2D eigenvalue weighted by molar-refractivity contribution is -0.187. The number of rotatable bonds is 3. The Morgan fingerprint density at radius 2 is 1.88 bits per heavy atom. The van der Waals surface area contributed by atoms with Crippen molar-refractivity contribution in [2.24, 2.45) is 17.8 Å². The summed E-state index contributed by atoms with van der Waals surface area (Å²) in [6, 6.07) is -0.936. The van der Waals surface area contributed by atoms with Gasteiger partial charge < -0.3 is 15.3 Å². The number of carbonyl (C=O) groups excluding carboxylic acids is 1. The Balaban J connectivity index is 1.94. The number of nitrogens with one attached hydrogen (secondary N) is 1. The number of carboxylic acid groups (broad SMARTS) is 1. The summed E-state index contributed by atoms with van der Waals surface area (Å²) in [7, 11) is 0. The zero-order valence-electron chi connectivity index (χ0n) is 12.8. The van der Waals surface area contributed by atoms with Gasteiger partial charge in [0.1, 0.15) is 0 Å². The van der Waals surface area contributed by atoms with Gasteiger partial charge in [0.15, 0.2) is 0 Å². The van der Waals surface area contributed by atoms with Crippen molar-refractivity contribution in [1.29, 1.82) is 0 Å². The molecule has 1 saturated heterocycles. The van der Waals surface area contributed by atoms with Crippen LogP contribution in [0.3, 0.4) is 0 Å². The van der Waals surface area contributed by atoms with Gasteiger partial charge in [0.25, 0.3) is 5.92 Å². The Hall–Kier alpha value is -1.61. The maximum absolute atomic E-state index is 13.7. The summed E-state index contributed by atoms with van der Waals surface area (Å²) in [5.74, 6) is -9.49. The van der Waals surface area contributed by atoms with Crippen LogP contribution in [0.5, 0.6) is 0 Å². The molecule has 1 aliphatic heterocycles. The van der Waals surface area contributed by atoms with Crippen LogP contribution in [0.15, 0.2) is 0 Å². The monoisotopic (exact) mass is 358 g/mol. The van der Waals surface area contributed by atoms with Crippen LogP contribution in [0.1, 0.15) is 25.7 Å². The van der Waals surface area contributed by atoms with Crippen molar-refractivity contribution in [2.45, 2.75) is 37.8 Å². The van der Waals surface area contributed by atoms with E-state index in [2.05, 4.69) is 5.32 Å². The maximum Gasteiger partial charge on any atom is 0.394 e. The molecule has 3 atom stereocenters. The molecule has 0 spiro atoms. The van der Waals surface area contributed by atoms with E-state index in [0.717, 1.165) is 4.90 Å². The third-order valence-corrected chi connectivity index (χ3v) is 4.75. The van der Waals surface area contributed by atoms with Gasteiger partial charge in [-0.05, 0) is 12.8 Å². The zero-order valence-corrected chi connectivity index (χ0v) is 12.8. The number of likely N-dealkylation sites (tertiary alicyclic amines) is 1. The minimum Gasteiger partial charge on any atom is -0.481 e. The first kappa shape index (κ1) is 18.7. The van der Waals surface area contributed by atoms with E-state index in [1.54, 1.807) is 0 Å². The number of carbonyl (C=O) groups is 2. The summed E-state index contributed by atoms with van der Waals surface area (Å²) >= 11 is 0. The summed E-state index contributed by atoms with van der Waals surface area (Å²) in [6.07, 6.45) is -3.77. The molecule has 0 aromatic carbocycles. The van der Waals surface area contributed by atoms with Gasteiger partial charge in [0.05, 0.1) is 11.8 Å². The molecule has 2 rings (SSSR count). The highest BCUT2D eigenvalue weighted by Gasteiger charge is 2.53. The molecular formula is C14H19F5N2O3. The number of aliphatic carboxylic acids is 1. The Kier molecular flexibility index (Phi) is 5.24. The molecule has 24 heavy (non-hydrogen) atoms. The SMILES string of the molecule is O=C(O)[C@@H]1CN(C(=O)NCC2CCCCC2(F)F)C[C@H]1C(F)(F)F. The molecule has 1 heterocycles. The quantitative estimate of drug-likeness (QED) is 0.762. The van der Waals surface area contributed by atoms with Crippen molar-refractivity contribution in [1.82, 2.24) is 10.2 Å². The van der Waals surface area contributed by atoms with E-state index in [0.29, 0.717) is 12.8 Å². The number of alkyl halides is 5. The van der Waals surface area contributed by atoms with Gasteiger partial charge in [0.2, 0.25) is 0 Å². The van der Waals surface area contributed by atoms with E-state index >= 15 is 0 Å². The molecule has 2 N–H and O–H groups in total. The van der Waals surface area contributed by atoms with Crippen LogP contribution in [0.25, 0.3) is 0 Å². The lowest BCUT2D eigenvalue weighted by atomic mass is 9.85. The van der Waals surface area contributed by atoms with Crippen LogP contribution >= 0.6 is 0 Å². The molecule has 2 aliphatic rings. The summed E-state index contributed by atoms with van der Waals surface area (Å²) < 4.78 is 66.0. The minimum absolute atomic E-state index is 0.232. The highest BCUT2D eigenvalue weighted by atomic mass is 19.4. The first-order valence-electron chi connectivity index (χ1n) is 7.72. The summed E-state index contributed by atoms with van der Waals surface area (Å²) in [6.45, 7) is -1.71. The van der Waals surface area contributed by atoms with Crippen molar-refractivity contribution in [3.8, 4) is 0 Å². The minimum atomic E-state index is -4.74. The van der Waals surface area contributed by atoms with Gasteiger partial charge in [-0.25, -0.2) is 13.6 Å². The second-order valence-corrected chi connectivity index (χ2v) is 6.39. The number of halogens is 5. The molecule has 0 radical (unpaired) electrons. The van der Waals surface area contributed by atoms with Crippen molar-refractivity contribution in [3.05, 3.63) is 0 Å². The number of amides is 2. The fraction of sp³-hybridized carbons (Fsp3) is 0.857. The Morgan fingerprint density at radius 1 is 1.21 bits per heavy atom. The van der Waals surface area contributed by atoms with E-state index in [-0.39, 0.29) is 19.4 Å². The molecule has 2 amide bonds. The first-order chi connectivity index (χ1) is 11.0. The van der Waals surface area contributed by atoms with Gasteiger partial charge in [-0.15, -0.1) is 0 Å². The van der Waals surface area contributed by atoms with E-state index in [4.69, 9.17) is 5.11 Å². The van der Waals surface area contributed by atoms with Crippen molar-refractivity contribution < 1.29 is 36.6 Å².